The molecule has 4 fully saturated rings. The Labute approximate surface area is 240 Å². The fourth-order valence-electron chi connectivity index (χ4n) is 5.35. The van der Waals surface area contributed by atoms with E-state index in [0.717, 1.165) is 11.8 Å². The normalized spacial score (nSPS) is 19.6. The third-order valence-electron chi connectivity index (χ3n) is 7.66. The van der Waals surface area contributed by atoms with E-state index in [4.69, 9.17) is 0 Å². The van der Waals surface area contributed by atoms with Crippen molar-refractivity contribution in [2.75, 3.05) is 0 Å². The van der Waals surface area contributed by atoms with Gasteiger partial charge in [0.2, 0.25) is 0 Å². The molecule has 2 heteroatoms. The first-order valence-electron chi connectivity index (χ1n) is 15.2. The van der Waals surface area contributed by atoms with E-state index in [1.807, 2.05) is 27.7 Å². The van der Waals surface area contributed by atoms with Gasteiger partial charge in [-0.1, -0.05) is 159 Å². The summed E-state index contributed by atoms with van der Waals surface area (Å²) in [6.45, 7) is 22.2. The van der Waals surface area contributed by atoms with Gasteiger partial charge >= 0.3 is 0 Å². The second kappa shape index (κ2) is 27.1. The van der Waals surface area contributed by atoms with E-state index in [9.17, 15) is 0 Å². The molecule has 0 spiro atoms. The Hall–Kier alpha value is 1.04. The summed E-state index contributed by atoms with van der Waals surface area (Å²) in [4.78, 5) is 0. The molecule has 0 radical (unpaired) electrons. The van der Waals surface area contributed by atoms with Crippen LogP contribution in [0.15, 0.2) is 0 Å². The van der Waals surface area contributed by atoms with Gasteiger partial charge in [-0.15, -0.1) is 0 Å². The summed E-state index contributed by atoms with van der Waals surface area (Å²) in [7, 11) is 0. The molecular weight excluding hydrogens is 496 g/mol. The van der Waals surface area contributed by atoms with Crippen molar-refractivity contribution in [1.82, 2.24) is 0 Å². The fraction of sp³-hybridized carbons (Fsp3) is 1.00. The summed E-state index contributed by atoms with van der Waals surface area (Å²) in [5.41, 5.74) is 1.16. The Morgan fingerprint density at radius 3 is 0.559 bits per heavy atom. The van der Waals surface area contributed by atoms with Gasteiger partial charge in [-0.05, 0) is 48.3 Å². The van der Waals surface area contributed by atoms with Crippen LogP contribution in [0, 0.1) is 22.7 Å². The van der Waals surface area contributed by atoms with Crippen molar-refractivity contribution in [3.05, 3.63) is 0 Å². The molecule has 0 unspecified atom stereocenters. The molecule has 0 aromatic rings. The summed E-state index contributed by atoms with van der Waals surface area (Å²) in [6, 6.07) is 0. The maximum Gasteiger partial charge on any atom is 0 e. The molecule has 4 aliphatic carbocycles. The molecule has 0 heterocycles. The van der Waals surface area contributed by atoms with E-state index in [1.54, 1.807) is 0 Å². The molecule has 4 saturated carbocycles. The van der Waals surface area contributed by atoms with Crippen LogP contribution in [-0.4, -0.2) is 0 Å². The minimum Gasteiger partial charge on any atom is -0.0683 e. The molecule has 212 valence electrons. The van der Waals surface area contributed by atoms with Crippen molar-refractivity contribution in [1.29, 1.82) is 0 Å². The predicted octanol–water partition coefficient (Wildman–Crippen LogP) is 12.4. The summed E-state index contributed by atoms with van der Waals surface area (Å²) < 4.78 is 0. The Bertz CT molecular complexity index is 293. The van der Waals surface area contributed by atoms with E-state index >= 15 is 0 Å². The van der Waals surface area contributed by atoms with Crippen LogP contribution in [0.3, 0.4) is 0 Å². The van der Waals surface area contributed by atoms with E-state index in [-0.39, 0.29) is 34.1 Å². The molecule has 0 N–H and O–H groups in total. The maximum absolute atomic E-state index is 2.36. The molecule has 0 nitrogen and oxygen atoms in total. The minimum absolute atomic E-state index is 0. The van der Waals surface area contributed by atoms with Crippen LogP contribution in [0.25, 0.3) is 0 Å². The molecule has 0 aliphatic heterocycles. The zero-order chi connectivity index (χ0) is 24.9. The summed E-state index contributed by atoms with van der Waals surface area (Å²) >= 11 is 0. The van der Waals surface area contributed by atoms with E-state index in [2.05, 4.69) is 41.5 Å². The molecular formula is C32H68Fe2. The second-order valence-electron chi connectivity index (χ2n) is 12.2. The smallest absolute Gasteiger partial charge is 0 e. The van der Waals surface area contributed by atoms with Gasteiger partial charge in [0.25, 0.3) is 0 Å². The maximum atomic E-state index is 2.36. The first-order valence-corrected chi connectivity index (χ1v) is 15.2. The topological polar surface area (TPSA) is 0 Å². The summed E-state index contributed by atoms with van der Waals surface area (Å²) in [6.07, 6.45) is 26.8. The molecule has 0 aromatic carbocycles. The van der Waals surface area contributed by atoms with Crippen molar-refractivity contribution >= 4 is 0 Å². The van der Waals surface area contributed by atoms with E-state index in [1.165, 1.54) is 116 Å². The zero-order valence-electron chi connectivity index (χ0n) is 25.6. The minimum atomic E-state index is 0. The number of hydrogen-bond donors (Lipinski definition) is 0. The van der Waals surface area contributed by atoms with Crippen molar-refractivity contribution in [2.45, 2.75) is 185 Å². The third kappa shape index (κ3) is 24.7. The van der Waals surface area contributed by atoms with Gasteiger partial charge in [0, 0.05) is 34.1 Å². The van der Waals surface area contributed by atoms with Crippen LogP contribution < -0.4 is 0 Å². The van der Waals surface area contributed by atoms with Crippen LogP contribution >= 0.6 is 0 Å². The molecule has 0 amide bonds. The first kappa shape index (κ1) is 42.1. The van der Waals surface area contributed by atoms with Gasteiger partial charge in [-0.2, -0.15) is 0 Å². The summed E-state index contributed by atoms with van der Waals surface area (Å²) in [5.74, 6) is 2.02. The molecule has 0 saturated heterocycles. The van der Waals surface area contributed by atoms with Gasteiger partial charge in [0.1, 0.15) is 0 Å². The van der Waals surface area contributed by atoms with Gasteiger partial charge in [-0.3, -0.25) is 0 Å². The van der Waals surface area contributed by atoms with Gasteiger partial charge in [0.05, 0.1) is 0 Å². The van der Waals surface area contributed by atoms with Gasteiger partial charge in [0.15, 0.2) is 0 Å². The Morgan fingerprint density at radius 2 is 0.471 bits per heavy atom. The Morgan fingerprint density at radius 1 is 0.324 bits per heavy atom. The van der Waals surface area contributed by atoms with Crippen molar-refractivity contribution in [3.8, 4) is 0 Å². The van der Waals surface area contributed by atoms with Crippen molar-refractivity contribution in [3.63, 3.8) is 0 Å². The fourth-order valence-corrected chi connectivity index (χ4v) is 5.35. The third-order valence-corrected chi connectivity index (χ3v) is 7.66. The number of hydrogen-bond acceptors (Lipinski definition) is 0. The van der Waals surface area contributed by atoms with Crippen LogP contribution in [-0.2, 0) is 34.1 Å². The standard InChI is InChI=1S/2C9H18.2C5H10.2C2H6.2Fe/c2*1-9(2,3)8-6-4-5-7-8;2*1-2-4-5-3-1;2*1-2;;/h2*8H,4-7H2,1-3H3;2*1-5H2;2*1-2H3;;. The molecule has 0 atom stereocenters. The Balaban J connectivity index is -0.000000169. The van der Waals surface area contributed by atoms with Crippen molar-refractivity contribution < 1.29 is 34.1 Å². The van der Waals surface area contributed by atoms with E-state index < -0.39 is 0 Å². The quantitative estimate of drug-likeness (QED) is 0.257. The molecule has 4 rings (SSSR count). The Kier molecular flexibility index (Phi) is 33.6. The van der Waals surface area contributed by atoms with Crippen LogP contribution in [0.4, 0.5) is 0 Å². The summed E-state index contributed by atoms with van der Waals surface area (Å²) in [5, 5.41) is 0. The molecule has 0 bridgehead atoms. The van der Waals surface area contributed by atoms with Gasteiger partial charge in [-0.25, -0.2) is 0 Å². The van der Waals surface area contributed by atoms with E-state index in [0.29, 0.717) is 10.8 Å². The molecule has 0 aromatic heterocycles. The first-order chi connectivity index (χ1) is 15.2. The number of rotatable bonds is 0. The molecule has 34 heavy (non-hydrogen) atoms. The largest absolute Gasteiger partial charge is 0.0683 e. The van der Waals surface area contributed by atoms with Crippen LogP contribution in [0.5, 0.6) is 0 Å². The predicted molar refractivity (Wildman–Crippen MR) is 152 cm³/mol. The average Bonchev–Trinajstić information content (AvgIpc) is 3.61. The average molecular weight is 565 g/mol. The second-order valence-corrected chi connectivity index (χ2v) is 12.2. The zero-order valence-corrected chi connectivity index (χ0v) is 27.8. The van der Waals surface area contributed by atoms with Crippen LogP contribution in [0.2, 0.25) is 0 Å². The monoisotopic (exact) mass is 564 g/mol. The van der Waals surface area contributed by atoms with Gasteiger partial charge < -0.3 is 0 Å². The van der Waals surface area contributed by atoms with Crippen LogP contribution in [0.1, 0.15) is 185 Å². The molecule has 4 aliphatic rings. The SMILES string of the molecule is C1CCCC1.C1CCCC1.CC.CC.CC(C)(C)C1CCCC1.CC(C)(C)C1CCCC1.[Fe].[Fe]. The van der Waals surface area contributed by atoms with Crippen molar-refractivity contribution in [2.24, 2.45) is 22.7 Å².